The molecule has 2 aliphatic rings. The number of amides is 1. The maximum Gasteiger partial charge on any atom is 0.308 e. The van der Waals surface area contributed by atoms with Gasteiger partial charge in [-0.25, -0.2) is 8.78 Å². The van der Waals surface area contributed by atoms with Gasteiger partial charge in [-0.05, 0) is 19.3 Å². The first-order valence-electron chi connectivity index (χ1n) is 6.07. The van der Waals surface area contributed by atoms with E-state index in [2.05, 4.69) is 0 Å². The summed E-state index contributed by atoms with van der Waals surface area (Å²) in [5, 5.41) is 8.99. The number of aliphatic carboxylic acids is 1. The number of carbonyl (C=O) groups excluding carboxylic acids is 1. The summed E-state index contributed by atoms with van der Waals surface area (Å²) in [6, 6.07) is 0. The van der Waals surface area contributed by atoms with Crippen LogP contribution in [-0.4, -0.2) is 40.9 Å². The monoisotopic (exact) mass is 261 g/mol. The molecule has 3 atom stereocenters. The van der Waals surface area contributed by atoms with Crippen LogP contribution in [0.4, 0.5) is 8.78 Å². The van der Waals surface area contributed by atoms with Gasteiger partial charge < -0.3 is 10.0 Å². The maximum atomic E-state index is 13.2. The van der Waals surface area contributed by atoms with Crippen LogP contribution < -0.4 is 0 Å². The SMILES string of the molecule is CC1CC(C(=O)O)CN(C(=O)C2(C)CC2(F)F)C1. The van der Waals surface area contributed by atoms with Crippen LogP contribution in [0.15, 0.2) is 0 Å². The highest BCUT2D eigenvalue weighted by molar-refractivity contribution is 5.87. The highest BCUT2D eigenvalue weighted by atomic mass is 19.3. The zero-order valence-electron chi connectivity index (χ0n) is 10.4. The highest BCUT2D eigenvalue weighted by Gasteiger charge is 2.73. The first kappa shape index (κ1) is 13.2. The zero-order chi connectivity index (χ0) is 13.7. The normalized spacial score (nSPS) is 38.3. The molecule has 1 heterocycles. The fourth-order valence-corrected chi connectivity index (χ4v) is 2.68. The van der Waals surface area contributed by atoms with Crippen molar-refractivity contribution in [2.24, 2.45) is 17.3 Å². The molecule has 0 aromatic carbocycles. The van der Waals surface area contributed by atoms with E-state index in [0.717, 1.165) is 0 Å². The van der Waals surface area contributed by atoms with Gasteiger partial charge in [0, 0.05) is 19.5 Å². The first-order chi connectivity index (χ1) is 8.17. The van der Waals surface area contributed by atoms with Gasteiger partial charge in [-0.3, -0.25) is 9.59 Å². The molecule has 0 radical (unpaired) electrons. The van der Waals surface area contributed by atoms with E-state index >= 15 is 0 Å². The van der Waals surface area contributed by atoms with Crippen LogP contribution in [0, 0.1) is 17.3 Å². The smallest absolute Gasteiger partial charge is 0.308 e. The molecule has 6 heteroatoms. The largest absolute Gasteiger partial charge is 0.481 e. The second-order valence-electron chi connectivity index (χ2n) is 5.80. The fraction of sp³-hybridized carbons (Fsp3) is 0.833. The molecule has 1 amide bonds. The third-order valence-electron chi connectivity index (χ3n) is 4.03. The van der Waals surface area contributed by atoms with Crippen LogP contribution in [0.2, 0.25) is 0 Å². The van der Waals surface area contributed by atoms with Gasteiger partial charge in [0.15, 0.2) is 0 Å². The Morgan fingerprint density at radius 1 is 1.33 bits per heavy atom. The lowest BCUT2D eigenvalue weighted by atomic mass is 9.89. The van der Waals surface area contributed by atoms with Crippen molar-refractivity contribution in [1.29, 1.82) is 0 Å². The zero-order valence-corrected chi connectivity index (χ0v) is 10.4. The third-order valence-corrected chi connectivity index (χ3v) is 4.03. The van der Waals surface area contributed by atoms with Gasteiger partial charge >= 0.3 is 5.97 Å². The summed E-state index contributed by atoms with van der Waals surface area (Å²) in [4.78, 5) is 24.3. The summed E-state index contributed by atoms with van der Waals surface area (Å²) >= 11 is 0. The molecular weight excluding hydrogens is 244 g/mol. The number of hydrogen-bond acceptors (Lipinski definition) is 2. The van der Waals surface area contributed by atoms with Crippen LogP contribution >= 0.6 is 0 Å². The van der Waals surface area contributed by atoms with Gasteiger partial charge in [0.05, 0.1) is 5.92 Å². The van der Waals surface area contributed by atoms with E-state index in [-0.39, 0.29) is 12.5 Å². The highest BCUT2D eigenvalue weighted by Crippen LogP contribution is 2.61. The Hall–Kier alpha value is -1.20. The topological polar surface area (TPSA) is 57.6 Å². The molecule has 1 saturated heterocycles. The van der Waals surface area contributed by atoms with Crippen LogP contribution in [-0.2, 0) is 9.59 Å². The number of alkyl halides is 2. The molecule has 0 aromatic heterocycles. The Morgan fingerprint density at radius 3 is 2.33 bits per heavy atom. The molecule has 1 aliphatic carbocycles. The Labute approximate surface area is 104 Å². The Kier molecular flexibility index (Phi) is 2.87. The predicted octanol–water partition coefficient (Wildman–Crippen LogP) is 1.60. The van der Waals surface area contributed by atoms with Crippen molar-refractivity contribution in [3.63, 3.8) is 0 Å². The lowest BCUT2D eigenvalue weighted by molar-refractivity contribution is -0.150. The summed E-state index contributed by atoms with van der Waals surface area (Å²) in [5.74, 6) is -5.13. The Bertz CT molecular complexity index is 399. The average molecular weight is 261 g/mol. The molecule has 0 aromatic rings. The molecule has 0 spiro atoms. The standard InChI is InChI=1S/C12H17F2NO3/c1-7-3-8(9(16)17)5-15(4-7)10(18)11(2)6-12(11,13)14/h7-8H,3-6H2,1-2H3,(H,16,17). The lowest BCUT2D eigenvalue weighted by Crippen LogP contribution is -2.48. The van der Waals surface area contributed by atoms with E-state index in [1.807, 2.05) is 6.92 Å². The third kappa shape index (κ3) is 1.97. The summed E-state index contributed by atoms with van der Waals surface area (Å²) in [6.07, 6.45) is 0.0632. The van der Waals surface area contributed by atoms with E-state index in [9.17, 15) is 18.4 Å². The van der Waals surface area contributed by atoms with Gasteiger partial charge in [-0.15, -0.1) is 0 Å². The summed E-state index contributed by atoms with van der Waals surface area (Å²) < 4.78 is 26.4. The van der Waals surface area contributed by atoms with Gasteiger partial charge in [0.25, 0.3) is 5.92 Å². The molecule has 1 aliphatic heterocycles. The molecular formula is C12H17F2NO3. The molecule has 0 bridgehead atoms. The predicted molar refractivity (Wildman–Crippen MR) is 59.2 cm³/mol. The van der Waals surface area contributed by atoms with Gasteiger partial charge in [-0.1, -0.05) is 6.92 Å². The Balaban J connectivity index is 2.09. The average Bonchev–Trinajstić information content (AvgIpc) is 2.77. The van der Waals surface area contributed by atoms with Crippen LogP contribution in [0.25, 0.3) is 0 Å². The maximum absolute atomic E-state index is 13.2. The van der Waals surface area contributed by atoms with Crippen molar-refractivity contribution in [2.75, 3.05) is 13.1 Å². The van der Waals surface area contributed by atoms with E-state index in [1.54, 1.807) is 0 Å². The molecule has 1 saturated carbocycles. The lowest BCUT2D eigenvalue weighted by Gasteiger charge is -2.36. The van der Waals surface area contributed by atoms with Gasteiger partial charge in [0.2, 0.25) is 5.91 Å². The van der Waals surface area contributed by atoms with Crippen LogP contribution in [0.5, 0.6) is 0 Å². The summed E-state index contributed by atoms with van der Waals surface area (Å²) in [7, 11) is 0. The minimum Gasteiger partial charge on any atom is -0.481 e. The second-order valence-corrected chi connectivity index (χ2v) is 5.80. The number of nitrogens with zero attached hydrogens (tertiary/aromatic N) is 1. The number of halogens is 2. The fourth-order valence-electron chi connectivity index (χ4n) is 2.68. The van der Waals surface area contributed by atoms with E-state index in [0.29, 0.717) is 13.0 Å². The molecule has 2 rings (SSSR count). The Morgan fingerprint density at radius 2 is 1.89 bits per heavy atom. The van der Waals surface area contributed by atoms with E-state index in [4.69, 9.17) is 5.11 Å². The number of piperidine rings is 1. The van der Waals surface area contributed by atoms with Crippen molar-refractivity contribution in [3.05, 3.63) is 0 Å². The van der Waals surface area contributed by atoms with Crippen LogP contribution in [0.1, 0.15) is 26.7 Å². The number of carbonyl (C=O) groups is 2. The summed E-state index contributed by atoms with van der Waals surface area (Å²) in [6.45, 7) is 3.51. The molecule has 4 nitrogen and oxygen atoms in total. The van der Waals surface area contributed by atoms with Crippen molar-refractivity contribution >= 4 is 11.9 Å². The van der Waals surface area contributed by atoms with Crippen molar-refractivity contribution < 1.29 is 23.5 Å². The molecule has 2 fully saturated rings. The molecule has 18 heavy (non-hydrogen) atoms. The molecule has 3 unspecified atom stereocenters. The number of likely N-dealkylation sites (tertiary alicyclic amines) is 1. The van der Waals surface area contributed by atoms with Crippen LogP contribution in [0.3, 0.4) is 0 Å². The molecule has 102 valence electrons. The van der Waals surface area contributed by atoms with E-state index in [1.165, 1.54) is 11.8 Å². The summed E-state index contributed by atoms with van der Waals surface area (Å²) in [5.41, 5.74) is -1.62. The number of carboxylic acid groups (broad SMARTS) is 1. The second kappa shape index (κ2) is 3.90. The number of hydrogen-bond donors (Lipinski definition) is 1. The minimum atomic E-state index is -2.94. The number of carboxylic acids is 1. The van der Waals surface area contributed by atoms with Gasteiger partial charge in [0.1, 0.15) is 5.41 Å². The van der Waals surface area contributed by atoms with Crippen molar-refractivity contribution in [1.82, 2.24) is 4.90 Å². The first-order valence-corrected chi connectivity index (χ1v) is 6.07. The van der Waals surface area contributed by atoms with Gasteiger partial charge in [-0.2, -0.15) is 0 Å². The molecule has 1 N–H and O–H groups in total. The quantitative estimate of drug-likeness (QED) is 0.821. The van der Waals surface area contributed by atoms with Crippen molar-refractivity contribution in [2.45, 2.75) is 32.6 Å². The minimum absolute atomic E-state index is 0.0276. The van der Waals surface area contributed by atoms with E-state index < -0.39 is 35.6 Å². The van der Waals surface area contributed by atoms with Crippen molar-refractivity contribution in [3.8, 4) is 0 Å². The number of rotatable bonds is 2.